The van der Waals surface area contributed by atoms with E-state index in [0.29, 0.717) is 19.5 Å². The number of likely N-dealkylation sites (N-methyl/N-ethyl adjacent to an activating group) is 1. The number of nitrogens with zero attached hydrogens (tertiary/aromatic N) is 1. The summed E-state index contributed by atoms with van der Waals surface area (Å²) in [6.45, 7) is 5.07. The van der Waals surface area contributed by atoms with Crippen molar-refractivity contribution in [3.8, 4) is 0 Å². The first-order chi connectivity index (χ1) is 7.52. The number of nitrogens with one attached hydrogen (secondary N) is 1. The number of rotatable bonds is 7. The minimum Gasteiger partial charge on any atom is -0.355 e. The summed E-state index contributed by atoms with van der Waals surface area (Å²) in [4.78, 5) is 24.5. The van der Waals surface area contributed by atoms with E-state index in [9.17, 15) is 9.59 Å². The minimum absolute atomic E-state index is 0.0305. The molecular weight excluding hydrogens is 206 g/mol. The van der Waals surface area contributed by atoms with Crippen LogP contribution in [0.5, 0.6) is 0 Å². The summed E-state index contributed by atoms with van der Waals surface area (Å²) in [6.07, 6.45) is 1.55. The molecule has 0 saturated carbocycles. The number of hydrogen-bond donors (Lipinski definition) is 2. The molecule has 0 aromatic rings. The Morgan fingerprint density at radius 2 is 2.06 bits per heavy atom. The average Bonchev–Trinajstić information content (AvgIpc) is 2.25. The molecule has 0 heterocycles. The monoisotopic (exact) mass is 229 g/mol. The van der Waals surface area contributed by atoms with Crippen molar-refractivity contribution in [3.05, 3.63) is 0 Å². The molecule has 2 amide bonds. The van der Waals surface area contributed by atoms with Gasteiger partial charge in [0.05, 0.1) is 6.54 Å². The summed E-state index contributed by atoms with van der Waals surface area (Å²) in [5.74, 6) is -0.260. The molecular formula is C11H23N3O2. The maximum absolute atomic E-state index is 11.7. The van der Waals surface area contributed by atoms with E-state index in [1.807, 2.05) is 13.8 Å². The Balaban J connectivity index is 3.99. The van der Waals surface area contributed by atoms with E-state index in [1.54, 1.807) is 7.05 Å². The topological polar surface area (TPSA) is 75.4 Å². The molecule has 3 N–H and O–H groups in total. The van der Waals surface area contributed by atoms with Crippen LogP contribution in [-0.4, -0.2) is 43.4 Å². The predicted molar refractivity (Wildman–Crippen MR) is 63.8 cm³/mol. The lowest BCUT2D eigenvalue weighted by molar-refractivity contribution is -0.137. The Labute approximate surface area is 97.4 Å². The van der Waals surface area contributed by atoms with Crippen molar-refractivity contribution in [1.29, 1.82) is 0 Å². The van der Waals surface area contributed by atoms with Crippen molar-refractivity contribution in [2.24, 2.45) is 11.7 Å². The normalized spacial score (nSPS) is 12.0. The van der Waals surface area contributed by atoms with Crippen molar-refractivity contribution < 1.29 is 9.59 Å². The van der Waals surface area contributed by atoms with Crippen molar-refractivity contribution in [2.75, 3.05) is 26.7 Å². The third-order valence-electron chi connectivity index (χ3n) is 2.35. The van der Waals surface area contributed by atoms with Crippen molar-refractivity contribution in [2.45, 2.75) is 26.7 Å². The van der Waals surface area contributed by atoms with Crippen LogP contribution >= 0.6 is 0 Å². The molecule has 5 heteroatoms. The summed E-state index contributed by atoms with van der Waals surface area (Å²) in [5, 5.41) is 2.73. The van der Waals surface area contributed by atoms with Crippen LogP contribution in [0.1, 0.15) is 26.7 Å². The SMILES string of the molecule is CCCNC(=O)CN(C)C(=O)C(C)CCN. The smallest absolute Gasteiger partial charge is 0.239 e. The van der Waals surface area contributed by atoms with Gasteiger partial charge >= 0.3 is 0 Å². The molecule has 0 aromatic heterocycles. The first-order valence-corrected chi connectivity index (χ1v) is 5.74. The molecule has 0 aliphatic rings. The summed E-state index contributed by atoms with van der Waals surface area (Å²) in [7, 11) is 1.64. The third kappa shape index (κ3) is 5.70. The Hall–Kier alpha value is -1.10. The molecule has 0 aliphatic carbocycles. The van der Waals surface area contributed by atoms with Crippen LogP contribution in [0.4, 0.5) is 0 Å². The van der Waals surface area contributed by atoms with Gasteiger partial charge in [-0.3, -0.25) is 9.59 Å². The Morgan fingerprint density at radius 1 is 1.44 bits per heavy atom. The highest BCUT2D eigenvalue weighted by Gasteiger charge is 2.18. The Morgan fingerprint density at radius 3 is 2.56 bits per heavy atom. The Bertz CT molecular complexity index is 231. The molecule has 0 aromatic carbocycles. The fourth-order valence-electron chi connectivity index (χ4n) is 1.36. The minimum atomic E-state index is -0.117. The maximum atomic E-state index is 11.7. The average molecular weight is 229 g/mol. The zero-order valence-electron chi connectivity index (χ0n) is 10.5. The standard InChI is InChI=1S/C11H23N3O2/c1-4-7-13-10(15)8-14(3)11(16)9(2)5-6-12/h9H,4-8,12H2,1-3H3,(H,13,15). The number of hydrogen-bond acceptors (Lipinski definition) is 3. The van der Waals surface area contributed by atoms with Crippen molar-refractivity contribution >= 4 is 11.8 Å². The molecule has 0 saturated heterocycles. The van der Waals surface area contributed by atoms with Crippen LogP contribution in [-0.2, 0) is 9.59 Å². The second-order valence-corrected chi connectivity index (χ2v) is 4.02. The Kier molecular flexibility index (Phi) is 7.54. The highest BCUT2D eigenvalue weighted by Crippen LogP contribution is 2.04. The van der Waals surface area contributed by atoms with Crippen LogP contribution < -0.4 is 11.1 Å². The second-order valence-electron chi connectivity index (χ2n) is 4.02. The van der Waals surface area contributed by atoms with Gasteiger partial charge in [0.25, 0.3) is 0 Å². The fraction of sp³-hybridized carbons (Fsp3) is 0.818. The number of carbonyl (C=O) groups excluding carboxylic acids is 2. The van der Waals surface area contributed by atoms with Crippen LogP contribution in [0, 0.1) is 5.92 Å². The third-order valence-corrected chi connectivity index (χ3v) is 2.35. The molecule has 5 nitrogen and oxygen atoms in total. The van der Waals surface area contributed by atoms with Gasteiger partial charge in [0, 0.05) is 19.5 Å². The quantitative estimate of drug-likeness (QED) is 0.643. The molecule has 0 rings (SSSR count). The van der Waals surface area contributed by atoms with E-state index in [1.165, 1.54) is 4.90 Å². The van der Waals surface area contributed by atoms with Gasteiger partial charge in [-0.15, -0.1) is 0 Å². The number of carbonyl (C=O) groups is 2. The molecule has 0 bridgehead atoms. The zero-order chi connectivity index (χ0) is 12.6. The summed E-state index contributed by atoms with van der Waals surface area (Å²) >= 11 is 0. The summed E-state index contributed by atoms with van der Waals surface area (Å²) < 4.78 is 0. The molecule has 0 spiro atoms. The van der Waals surface area contributed by atoms with Crippen LogP contribution in [0.2, 0.25) is 0 Å². The lowest BCUT2D eigenvalue weighted by atomic mass is 10.1. The van der Waals surface area contributed by atoms with Crippen LogP contribution in [0.3, 0.4) is 0 Å². The van der Waals surface area contributed by atoms with Crippen molar-refractivity contribution in [3.63, 3.8) is 0 Å². The van der Waals surface area contributed by atoms with Gasteiger partial charge in [-0.25, -0.2) is 0 Å². The second kappa shape index (κ2) is 8.10. The predicted octanol–water partition coefficient (Wildman–Crippen LogP) is -0.0441. The van der Waals surface area contributed by atoms with Gasteiger partial charge in [0.2, 0.25) is 11.8 Å². The van der Waals surface area contributed by atoms with Gasteiger partial charge < -0.3 is 16.0 Å². The molecule has 0 aliphatic heterocycles. The fourth-order valence-corrected chi connectivity index (χ4v) is 1.36. The van der Waals surface area contributed by atoms with Gasteiger partial charge in [-0.1, -0.05) is 13.8 Å². The lowest BCUT2D eigenvalue weighted by Crippen LogP contribution is -2.41. The molecule has 1 unspecified atom stereocenters. The lowest BCUT2D eigenvalue weighted by Gasteiger charge is -2.20. The number of amides is 2. The summed E-state index contributed by atoms with van der Waals surface area (Å²) in [6, 6.07) is 0. The van der Waals surface area contributed by atoms with Gasteiger partial charge in [0.1, 0.15) is 0 Å². The first kappa shape index (κ1) is 14.9. The van der Waals surface area contributed by atoms with Gasteiger partial charge in [0.15, 0.2) is 0 Å². The van der Waals surface area contributed by atoms with E-state index in [-0.39, 0.29) is 24.3 Å². The van der Waals surface area contributed by atoms with E-state index < -0.39 is 0 Å². The van der Waals surface area contributed by atoms with E-state index in [2.05, 4.69) is 5.32 Å². The molecule has 0 fully saturated rings. The molecule has 16 heavy (non-hydrogen) atoms. The highest BCUT2D eigenvalue weighted by atomic mass is 16.2. The van der Waals surface area contributed by atoms with Crippen LogP contribution in [0.25, 0.3) is 0 Å². The van der Waals surface area contributed by atoms with Gasteiger partial charge in [-0.05, 0) is 19.4 Å². The number of nitrogens with two attached hydrogens (primary N) is 1. The molecule has 0 radical (unpaired) electrons. The zero-order valence-corrected chi connectivity index (χ0v) is 10.5. The largest absolute Gasteiger partial charge is 0.355 e. The molecule has 94 valence electrons. The first-order valence-electron chi connectivity index (χ1n) is 5.74. The van der Waals surface area contributed by atoms with Gasteiger partial charge in [-0.2, -0.15) is 0 Å². The van der Waals surface area contributed by atoms with Crippen LogP contribution in [0.15, 0.2) is 0 Å². The van der Waals surface area contributed by atoms with Crippen molar-refractivity contribution in [1.82, 2.24) is 10.2 Å². The maximum Gasteiger partial charge on any atom is 0.239 e. The highest BCUT2D eigenvalue weighted by molar-refractivity contribution is 5.85. The van der Waals surface area contributed by atoms with E-state index in [0.717, 1.165) is 6.42 Å². The molecule has 1 atom stereocenters. The summed E-state index contributed by atoms with van der Waals surface area (Å²) in [5.41, 5.74) is 5.38. The van der Waals surface area contributed by atoms with E-state index >= 15 is 0 Å². The van der Waals surface area contributed by atoms with E-state index in [4.69, 9.17) is 5.73 Å².